The number of carbonyl (C=O) groups is 1. The summed E-state index contributed by atoms with van der Waals surface area (Å²) in [7, 11) is 1.30. The fraction of sp³-hybridized carbons (Fsp3) is 0.208. The Morgan fingerprint density at radius 2 is 1.86 bits per heavy atom. The van der Waals surface area contributed by atoms with Crippen molar-refractivity contribution < 1.29 is 32.2 Å². The number of ether oxygens (including phenoxy) is 1. The van der Waals surface area contributed by atoms with Crippen LogP contribution in [-0.2, 0) is 12.7 Å². The van der Waals surface area contributed by atoms with Crippen molar-refractivity contribution in [3.63, 3.8) is 0 Å². The molecule has 0 saturated carbocycles. The van der Waals surface area contributed by atoms with Crippen LogP contribution in [0.15, 0.2) is 46.9 Å². The van der Waals surface area contributed by atoms with Crippen molar-refractivity contribution in [2.45, 2.75) is 18.8 Å². The number of nitrogens with zero attached hydrogens (tertiary/aromatic N) is 2. The number of fused-ring (bicyclic) bond motifs is 1. The maximum absolute atomic E-state index is 13.3. The molecule has 194 valence electrons. The number of nitrogens with two attached hydrogens (primary N) is 1. The van der Waals surface area contributed by atoms with Gasteiger partial charge in [-0.05, 0) is 36.4 Å². The van der Waals surface area contributed by atoms with Gasteiger partial charge < -0.3 is 25.3 Å². The zero-order chi connectivity index (χ0) is 26.9. The summed E-state index contributed by atoms with van der Waals surface area (Å²) in [5, 5.41) is 13.1. The van der Waals surface area contributed by atoms with Crippen LogP contribution in [0.5, 0.6) is 5.75 Å². The van der Waals surface area contributed by atoms with E-state index >= 15 is 0 Å². The Labute approximate surface area is 218 Å². The predicted octanol–water partition coefficient (Wildman–Crippen LogP) is 5.15. The summed E-state index contributed by atoms with van der Waals surface area (Å²) < 4.78 is 50.7. The van der Waals surface area contributed by atoms with Crippen LogP contribution in [0, 0.1) is 0 Å². The first-order valence-corrected chi connectivity index (χ1v) is 11.4. The normalized spacial score (nSPS) is 12.5. The molecule has 1 amide bonds. The van der Waals surface area contributed by atoms with Gasteiger partial charge in [-0.2, -0.15) is 13.2 Å². The summed E-state index contributed by atoms with van der Waals surface area (Å²) in [6, 6.07) is 8.70. The quantitative estimate of drug-likeness (QED) is 0.288. The lowest BCUT2D eigenvalue weighted by molar-refractivity contribution is -0.140. The van der Waals surface area contributed by atoms with E-state index < -0.39 is 30.4 Å². The largest absolute Gasteiger partial charge is 0.494 e. The van der Waals surface area contributed by atoms with Crippen molar-refractivity contribution in [2.75, 3.05) is 13.7 Å². The standard InChI is InChI=1S/C24H19Cl2F3N4O4/c1-36-17-7-5-12(11-6-8-18(24(27,28)29)32-19(11)17)23-33-20(21(37-23)16(30)10-34)22(35)31-9-13-14(25)3-2-4-15(13)26/h2-8,16,34H,9-10,30H2,1H3,(H,31,35)/t16-/m0/s1. The van der Waals surface area contributed by atoms with Crippen LogP contribution in [0.3, 0.4) is 0 Å². The SMILES string of the molecule is COc1ccc(-c2nc(C(=O)NCc3c(Cl)cccc3Cl)c([C@@H](N)CO)o2)c2ccc(C(F)(F)F)nc12. The van der Waals surface area contributed by atoms with Gasteiger partial charge in [0.2, 0.25) is 5.89 Å². The number of hydrogen-bond acceptors (Lipinski definition) is 7. The molecule has 4 aromatic rings. The molecule has 0 bridgehead atoms. The highest BCUT2D eigenvalue weighted by Crippen LogP contribution is 2.37. The summed E-state index contributed by atoms with van der Waals surface area (Å²) in [5.41, 5.74) is 5.24. The first-order chi connectivity index (χ1) is 17.5. The Kier molecular flexibility index (Phi) is 7.60. The van der Waals surface area contributed by atoms with Crippen LogP contribution >= 0.6 is 23.2 Å². The van der Waals surface area contributed by atoms with Crippen molar-refractivity contribution >= 4 is 40.0 Å². The highest BCUT2D eigenvalue weighted by molar-refractivity contribution is 6.36. The minimum absolute atomic E-state index is 0.0387. The first kappa shape index (κ1) is 26.7. The molecule has 13 heteroatoms. The van der Waals surface area contributed by atoms with Crippen molar-refractivity contribution in [3.05, 3.63) is 75.2 Å². The molecule has 0 aliphatic heterocycles. The van der Waals surface area contributed by atoms with Gasteiger partial charge in [-0.15, -0.1) is 0 Å². The molecule has 0 aliphatic carbocycles. The smallest absolute Gasteiger partial charge is 0.433 e. The molecule has 8 nitrogen and oxygen atoms in total. The molecule has 37 heavy (non-hydrogen) atoms. The number of pyridine rings is 1. The van der Waals surface area contributed by atoms with Gasteiger partial charge in [-0.25, -0.2) is 9.97 Å². The van der Waals surface area contributed by atoms with E-state index in [2.05, 4.69) is 15.3 Å². The van der Waals surface area contributed by atoms with E-state index in [0.29, 0.717) is 15.6 Å². The number of aromatic nitrogens is 2. The number of rotatable bonds is 7. The zero-order valence-electron chi connectivity index (χ0n) is 19.1. The van der Waals surface area contributed by atoms with Crippen LogP contribution in [0.1, 0.15) is 33.5 Å². The van der Waals surface area contributed by atoms with E-state index in [9.17, 15) is 23.1 Å². The van der Waals surface area contributed by atoms with Crippen molar-refractivity contribution in [1.82, 2.24) is 15.3 Å². The number of methoxy groups -OCH3 is 1. The Morgan fingerprint density at radius 3 is 2.49 bits per heavy atom. The summed E-state index contributed by atoms with van der Waals surface area (Å²) in [5.74, 6) is -0.836. The number of hydrogen-bond donors (Lipinski definition) is 3. The maximum atomic E-state index is 13.3. The minimum atomic E-state index is -4.67. The molecular weight excluding hydrogens is 536 g/mol. The Hall–Kier alpha value is -3.38. The van der Waals surface area contributed by atoms with Gasteiger partial charge >= 0.3 is 6.18 Å². The third kappa shape index (κ3) is 5.35. The number of aliphatic hydroxyl groups is 1. The molecule has 0 fully saturated rings. The average Bonchev–Trinajstić information content (AvgIpc) is 3.31. The third-order valence-corrected chi connectivity index (χ3v) is 6.16. The van der Waals surface area contributed by atoms with E-state index in [1.165, 1.54) is 25.3 Å². The van der Waals surface area contributed by atoms with Crippen LogP contribution in [0.2, 0.25) is 10.0 Å². The lowest BCUT2D eigenvalue weighted by atomic mass is 10.1. The minimum Gasteiger partial charge on any atom is -0.494 e. The predicted molar refractivity (Wildman–Crippen MR) is 130 cm³/mol. The molecule has 0 spiro atoms. The molecule has 2 aromatic carbocycles. The van der Waals surface area contributed by atoms with Gasteiger partial charge in [0, 0.05) is 33.1 Å². The monoisotopic (exact) mass is 554 g/mol. The Morgan fingerprint density at radius 1 is 1.16 bits per heavy atom. The fourth-order valence-electron chi connectivity index (χ4n) is 3.60. The van der Waals surface area contributed by atoms with Gasteiger partial charge in [-0.1, -0.05) is 29.3 Å². The molecule has 4 rings (SSSR count). The molecule has 4 N–H and O–H groups in total. The molecule has 1 atom stereocenters. The molecule has 0 saturated heterocycles. The van der Waals surface area contributed by atoms with Gasteiger partial charge in [0.25, 0.3) is 5.91 Å². The maximum Gasteiger partial charge on any atom is 0.433 e. The van der Waals surface area contributed by atoms with E-state index in [1.807, 2.05) is 0 Å². The Bertz CT molecular complexity index is 1460. The van der Waals surface area contributed by atoms with Gasteiger partial charge in [-0.3, -0.25) is 4.79 Å². The summed E-state index contributed by atoms with van der Waals surface area (Å²) in [4.78, 5) is 21.0. The number of aliphatic hydroxyl groups excluding tert-OH is 1. The lowest BCUT2D eigenvalue weighted by Crippen LogP contribution is -2.26. The van der Waals surface area contributed by atoms with Crippen LogP contribution in [-0.4, -0.2) is 34.7 Å². The van der Waals surface area contributed by atoms with E-state index in [0.717, 1.165) is 6.07 Å². The molecular formula is C24H19Cl2F3N4O4. The van der Waals surface area contributed by atoms with Crippen molar-refractivity contribution in [3.8, 4) is 17.2 Å². The third-order valence-electron chi connectivity index (χ3n) is 5.45. The second kappa shape index (κ2) is 10.5. The first-order valence-electron chi connectivity index (χ1n) is 10.7. The van der Waals surface area contributed by atoms with E-state index in [-0.39, 0.29) is 46.1 Å². The summed E-state index contributed by atoms with van der Waals surface area (Å²) in [6.07, 6.45) is -4.67. The summed E-state index contributed by atoms with van der Waals surface area (Å²) >= 11 is 12.3. The fourth-order valence-corrected chi connectivity index (χ4v) is 4.13. The highest BCUT2D eigenvalue weighted by Gasteiger charge is 2.33. The molecule has 0 radical (unpaired) electrons. The number of amides is 1. The van der Waals surface area contributed by atoms with Crippen molar-refractivity contribution in [2.24, 2.45) is 5.73 Å². The highest BCUT2D eigenvalue weighted by atomic mass is 35.5. The van der Waals surface area contributed by atoms with Gasteiger partial charge in [0.1, 0.15) is 17.0 Å². The average molecular weight is 555 g/mol. The van der Waals surface area contributed by atoms with Crippen LogP contribution in [0.4, 0.5) is 13.2 Å². The molecule has 2 aromatic heterocycles. The van der Waals surface area contributed by atoms with Crippen LogP contribution < -0.4 is 15.8 Å². The Balaban J connectivity index is 1.77. The number of alkyl halides is 3. The molecule has 2 heterocycles. The lowest BCUT2D eigenvalue weighted by Gasteiger charge is -2.11. The topological polar surface area (TPSA) is 124 Å². The molecule has 0 aliphatic rings. The number of nitrogens with one attached hydrogen (secondary N) is 1. The van der Waals surface area contributed by atoms with Gasteiger partial charge in [0.15, 0.2) is 11.5 Å². The second-order valence-corrected chi connectivity index (χ2v) is 8.62. The van der Waals surface area contributed by atoms with E-state index in [1.54, 1.807) is 18.2 Å². The number of halogens is 5. The number of benzene rings is 2. The number of oxazole rings is 1. The zero-order valence-corrected chi connectivity index (χ0v) is 20.6. The van der Waals surface area contributed by atoms with Crippen LogP contribution in [0.25, 0.3) is 22.4 Å². The van der Waals surface area contributed by atoms with Crippen molar-refractivity contribution in [1.29, 1.82) is 0 Å². The van der Waals surface area contributed by atoms with E-state index in [4.69, 9.17) is 38.1 Å². The number of carbonyl (C=O) groups excluding carboxylic acids is 1. The van der Waals surface area contributed by atoms with Gasteiger partial charge in [0.05, 0.1) is 19.8 Å². The second-order valence-electron chi connectivity index (χ2n) is 7.81. The molecule has 0 unspecified atom stereocenters. The summed E-state index contributed by atoms with van der Waals surface area (Å²) in [6.45, 7) is -0.603.